The first kappa shape index (κ1) is 27.2. The molecule has 0 spiro atoms. The van der Waals surface area contributed by atoms with E-state index >= 15 is 0 Å². The van der Waals surface area contributed by atoms with Crippen LogP contribution in [0, 0.1) is 10.8 Å². The molecule has 27 heavy (non-hydrogen) atoms. The van der Waals surface area contributed by atoms with E-state index in [0.29, 0.717) is 0 Å². The highest BCUT2D eigenvalue weighted by Gasteiger charge is 2.33. The zero-order chi connectivity index (χ0) is 21.5. The van der Waals surface area contributed by atoms with Crippen molar-refractivity contribution in [1.82, 2.24) is 0 Å². The quantitative estimate of drug-likeness (QED) is 0.163. The van der Waals surface area contributed by atoms with E-state index < -0.39 is 0 Å². The van der Waals surface area contributed by atoms with E-state index in [1.807, 2.05) is 0 Å². The smallest absolute Gasteiger partial charge is 0.0407 e. The van der Waals surface area contributed by atoms with Crippen molar-refractivity contribution >= 4 is 31.9 Å². The SMILES string of the molecule is C=CC(C)(CCC)CC(=C)C(C)(CCCC(C)(C)Br)CCC(=C)C(C)(C)Br. The maximum absolute atomic E-state index is 4.60. The standard InChI is InChI=1S/C25H44Br2/c1-11-15-24(9,12-2)19-21(4)25(10,17-13-16-22(5,6)26)18-14-20(3)23(7,8)27/h12H,2-4,11,13-19H2,1,5-10H3. The highest BCUT2D eigenvalue weighted by Crippen LogP contribution is 2.46. The van der Waals surface area contributed by atoms with Gasteiger partial charge in [0.05, 0.1) is 0 Å². The van der Waals surface area contributed by atoms with Gasteiger partial charge in [0.25, 0.3) is 0 Å². The molecule has 0 aromatic rings. The van der Waals surface area contributed by atoms with Gasteiger partial charge in [-0.15, -0.1) is 6.58 Å². The second kappa shape index (κ2) is 10.8. The van der Waals surface area contributed by atoms with Gasteiger partial charge >= 0.3 is 0 Å². The average molecular weight is 504 g/mol. The topological polar surface area (TPSA) is 0 Å². The van der Waals surface area contributed by atoms with Crippen LogP contribution in [-0.4, -0.2) is 8.65 Å². The van der Waals surface area contributed by atoms with E-state index in [1.165, 1.54) is 43.3 Å². The summed E-state index contributed by atoms with van der Waals surface area (Å²) in [5.74, 6) is 0. The number of alkyl halides is 2. The maximum atomic E-state index is 4.60. The van der Waals surface area contributed by atoms with Crippen molar-refractivity contribution in [1.29, 1.82) is 0 Å². The number of rotatable bonds is 14. The second-order valence-electron chi connectivity index (χ2n) is 10.1. The Morgan fingerprint density at radius 1 is 0.852 bits per heavy atom. The third-order valence-electron chi connectivity index (χ3n) is 6.10. The van der Waals surface area contributed by atoms with Gasteiger partial charge < -0.3 is 0 Å². The fourth-order valence-corrected chi connectivity index (χ4v) is 4.11. The first-order valence-electron chi connectivity index (χ1n) is 10.5. The fraction of sp³-hybridized carbons (Fsp3) is 0.760. The number of halogens is 2. The molecule has 0 aliphatic rings. The predicted molar refractivity (Wildman–Crippen MR) is 133 cm³/mol. The molecule has 0 rings (SSSR count). The van der Waals surface area contributed by atoms with E-state index in [4.69, 9.17) is 0 Å². The summed E-state index contributed by atoms with van der Waals surface area (Å²) in [6.07, 6.45) is 11.2. The number of hydrogen-bond acceptors (Lipinski definition) is 0. The molecule has 0 radical (unpaired) electrons. The Bertz CT molecular complexity index is 503. The Labute approximate surface area is 187 Å². The first-order chi connectivity index (χ1) is 12.1. The fourth-order valence-electron chi connectivity index (χ4n) is 3.64. The molecule has 0 nitrogen and oxygen atoms in total. The van der Waals surface area contributed by atoms with Crippen molar-refractivity contribution in [3.63, 3.8) is 0 Å². The number of allylic oxidation sites excluding steroid dienone is 3. The molecule has 0 bridgehead atoms. The monoisotopic (exact) mass is 502 g/mol. The summed E-state index contributed by atoms with van der Waals surface area (Å²) in [5.41, 5.74) is 2.93. The molecule has 0 aromatic carbocycles. The van der Waals surface area contributed by atoms with Crippen molar-refractivity contribution < 1.29 is 0 Å². The van der Waals surface area contributed by atoms with Crippen LogP contribution in [0.4, 0.5) is 0 Å². The Morgan fingerprint density at radius 3 is 1.81 bits per heavy atom. The van der Waals surface area contributed by atoms with Crippen molar-refractivity contribution in [2.75, 3.05) is 0 Å². The molecule has 0 amide bonds. The van der Waals surface area contributed by atoms with Crippen LogP contribution in [0.1, 0.15) is 99.8 Å². The largest absolute Gasteiger partial charge is 0.103 e. The zero-order valence-electron chi connectivity index (χ0n) is 19.1. The molecule has 0 saturated carbocycles. The predicted octanol–water partition coefficient (Wildman–Crippen LogP) is 9.79. The van der Waals surface area contributed by atoms with Gasteiger partial charge in [0, 0.05) is 8.65 Å². The van der Waals surface area contributed by atoms with Crippen LogP contribution in [0.3, 0.4) is 0 Å². The Kier molecular flexibility index (Phi) is 10.9. The van der Waals surface area contributed by atoms with Crippen LogP contribution < -0.4 is 0 Å². The minimum absolute atomic E-state index is 0.00899. The molecule has 0 aliphatic carbocycles. The van der Waals surface area contributed by atoms with E-state index in [0.717, 1.165) is 19.3 Å². The molecular weight excluding hydrogens is 460 g/mol. The van der Waals surface area contributed by atoms with Crippen LogP contribution in [0.2, 0.25) is 0 Å². The summed E-state index contributed by atoms with van der Waals surface area (Å²) in [6, 6.07) is 0. The Hall–Kier alpha value is 0.180. The van der Waals surface area contributed by atoms with Gasteiger partial charge in [0.2, 0.25) is 0 Å². The van der Waals surface area contributed by atoms with Crippen LogP contribution in [-0.2, 0) is 0 Å². The summed E-state index contributed by atoms with van der Waals surface area (Å²) >= 11 is 7.56. The van der Waals surface area contributed by atoms with Crippen LogP contribution >= 0.6 is 31.9 Å². The summed E-state index contributed by atoms with van der Waals surface area (Å²) < 4.78 is 0.194. The van der Waals surface area contributed by atoms with Gasteiger partial charge in [0.15, 0.2) is 0 Å². The summed E-state index contributed by atoms with van der Waals surface area (Å²) in [4.78, 5) is 0. The molecule has 158 valence electrons. The second-order valence-corrected chi connectivity index (χ2v) is 14.2. The summed E-state index contributed by atoms with van der Waals surface area (Å²) in [6.45, 7) is 28.9. The van der Waals surface area contributed by atoms with Gasteiger partial charge in [-0.25, -0.2) is 0 Å². The molecule has 2 atom stereocenters. The summed E-state index contributed by atoms with van der Waals surface area (Å²) in [7, 11) is 0. The molecule has 0 fully saturated rings. The van der Waals surface area contributed by atoms with Gasteiger partial charge in [-0.3, -0.25) is 0 Å². The molecule has 2 unspecified atom stereocenters. The van der Waals surface area contributed by atoms with E-state index in [1.54, 1.807) is 0 Å². The van der Waals surface area contributed by atoms with Crippen molar-refractivity contribution in [3.8, 4) is 0 Å². The molecule has 0 saturated heterocycles. The van der Waals surface area contributed by atoms with Crippen molar-refractivity contribution in [3.05, 3.63) is 37.0 Å². The first-order valence-corrected chi connectivity index (χ1v) is 12.0. The highest BCUT2D eigenvalue weighted by molar-refractivity contribution is 9.10. The van der Waals surface area contributed by atoms with Gasteiger partial charge in [-0.2, -0.15) is 0 Å². The third-order valence-corrected chi connectivity index (χ3v) is 7.06. The van der Waals surface area contributed by atoms with E-state index in [2.05, 4.69) is 106 Å². The van der Waals surface area contributed by atoms with Gasteiger partial charge in [-0.1, -0.05) is 110 Å². The minimum atomic E-state index is -0.00899. The van der Waals surface area contributed by atoms with E-state index in [9.17, 15) is 0 Å². The van der Waals surface area contributed by atoms with Gasteiger partial charge in [0.1, 0.15) is 0 Å². The lowest BCUT2D eigenvalue weighted by atomic mass is 9.67. The molecule has 0 N–H and O–H groups in total. The lowest BCUT2D eigenvalue weighted by Crippen LogP contribution is -2.26. The van der Waals surface area contributed by atoms with E-state index in [-0.39, 0.29) is 19.5 Å². The third kappa shape index (κ3) is 10.5. The molecule has 0 heterocycles. The molecular formula is C25H44Br2. The normalized spacial score (nSPS) is 17.1. The highest BCUT2D eigenvalue weighted by atomic mass is 79.9. The van der Waals surface area contributed by atoms with Crippen molar-refractivity contribution in [2.45, 2.75) is 108 Å². The van der Waals surface area contributed by atoms with Gasteiger partial charge in [-0.05, 0) is 63.2 Å². The molecule has 2 heteroatoms. The lowest BCUT2D eigenvalue weighted by molar-refractivity contribution is 0.274. The number of hydrogen-bond donors (Lipinski definition) is 0. The minimum Gasteiger partial charge on any atom is -0.103 e. The molecule has 0 aliphatic heterocycles. The van der Waals surface area contributed by atoms with Crippen LogP contribution in [0.15, 0.2) is 37.0 Å². The maximum Gasteiger partial charge on any atom is 0.0407 e. The molecule has 0 aromatic heterocycles. The average Bonchev–Trinajstić information content (AvgIpc) is 2.50. The van der Waals surface area contributed by atoms with Crippen LogP contribution in [0.5, 0.6) is 0 Å². The Morgan fingerprint density at radius 2 is 1.41 bits per heavy atom. The Balaban J connectivity index is 5.33. The summed E-state index contributed by atoms with van der Waals surface area (Å²) in [5, 5.41) is 0. The lowest BCUT2D eigenvalue weighted by Gasteiger charge is -2.38. The van der Waals surface area contributed by atoms with Crippen molar-refractivity contribution in [2.24, 2.45) is 10.8 Å². The van der Waals surface area contributed by atoms with Crippen LogP contribution in [0.25, 0.3) is 0 Å². The zero-order valence-corrected chi connectivity index (χ0v) is 22.3.